The number of hydrogen-bond donors (Lipinski definition) is 0. The smallest absolute Gasteiger partial charge is 0.000967 e. The zero-order chi connectivity index (χ0) is 18.0. The summed E-state index contributed by atoms with van der Waals surface area (Å²) in [7, 11) is 0. The zero-order valence-corrected chi connectivity index (χ0v) is 17.9. The van der Waals surface area contributed by atoms with Gasteiger partial charge in [-0.05, 0) is 37.6 Å². The van der Waals surface area contributed by atoms with Crippen LogP contribution in [0.5, 0.6) is 0 Å². The van der Waals surface area contributed by atoms with Crippen molar-refractivity contribution in [3.05, 3.63) is 0 Å². The Labute approximate surface area is 155 Å². The lowest BCUT2D eigenvalue weighted by molar-refractivity contribution is 0.178. The van der Waals surface area contributed by atoms with Crippen molar-refractivity contribution in [2.45, 2.75) is 118 Å². The van der Waals surface area contributed by atoms with E-state index in [4.69, 9.17) is 0 Å². The molecule has 0 aromatic heterocycles. The minimum absolute atomic E-state index is 0.921. The molecule has 0 radical (unpaired) electrons. The Morgan fingerprint density at radius 1 is 0.542 bits per heavy atom. The van der Waals surface area contributed by atoms with Crippen molar-refractivity contribution in [2.75, 3.05) is 19.6 Å². The van der Waals surface area contributed by atoms with E-state index in [-0.39, 0.29) is 0 Å². The molecule has 0 spiro atoms. The molecule has 0 aliphatic carbocycles. The van der Waals surface area contributed by atoms with Gasteiger partial charge in [-0.25, -0.2) is 0 Å². The third-order valence-electron chi connectivity index (χ3n) is 5.70. The largest absolute Gasteiger partial charge is 0.303 e. The van der Waals surface area contributed by atoms with Gasteiger partial charge in [0, 0.05) is 13.1 Å². The molecule has 0 amide bonds. The summed E-state index contributed by atoms with van der Waals surface area (Å²) in [5.41, 5.74) is 0. The molecule has 0 fully saturated rings. The van der Waals surface area contributed by atoms with Gasteiger partial charge in [0.25, 0.3) is 0 Å². The van der Waals surface area contributed by atoms with Crippen molar-refractivity contribution in [1.82, 2.24) is 4.90 Å². The fourth-order valence-electron chi connectivity index (χ4n) is 3.76. The Balaban J connectivity index is 4.43. The Morgan fingerprint density at radius 3 is 1.42 bits per heavy atom. The highest BCUT2D eigenvalue weighted by Gasteiger charge is 2.16. The molecule has 2 unspecified atom stereocenters. The fourth-order valence-corrected chi connectivity index (χ4v) is 3.76. The van der Waals surface area contributed by atoms with Crippen LogP contribution in [-0.2, 0) is 0 Å². The summed E-state index contributed by atoms with van der Waals surface area (Å²) in [6.07, 6.45) is 18.2. The second-order valence-corrected chi connectivity index (χ2v) is 8.01. The lowest BCUT2D eigenvalue weighted by atomic mass is 9.95. The molecule has 0 aliphatic rings. The average Bonchev–Trinajstić information content (AvgIpc) is 2.61. The van der Waals surface area contributed by atoms with Gasteiger partial charge in [-0.1, -0.05) is 98.8 Å². The number of unbranched alkanes of at least 4 members (excludes halogenated alkanes) is 6. The van der Waals surface area contributed by atoms with Crippen LogP contribution in [0.2, 0.25) is 0 Å². The lowest BCUT2D eigenvalue weighted by Gasteiger charge is -2.30. The van der Waals surface area contributed by atoms with Crippen LogP contribution in [0.1, 0.15) is 118 Å². The van der Waals surface area contributed by atoms with Gasteiger partial charge in [-0.2, -0.15) is 0 Å². The quantitative estimate of drug-likeness (QED) is 0.231. The van der Waals surface area contributed by atoms with Crippen LogP contribution in [0, 0.1) is 11.8 Å². The maximum atomic E-state index is 2.85. The fraction of sp³-hybridized carbons (Fsp3) is 1.00. The predicted octanol–water partition coefficient (Wildman–Crippen LogP) is 7.69. The molecule has 0 saturated carbocycles. The summed E-state index contributed by atoms with van der Waals surface area (Å²) in [5.74, 6) is 1.84. The van der Waals surface area contributed by atoms with Gasteiger partial charge >= 0.3 is 0 Å². The van der Waals surface area contributed by atoms with E-state index in [0.29, 0.717) is 0 Å². The van der Waals surface area contributed by atoms with Crippen molar-refractivity contribution in [3.63, 3.8) is 0 Å². The van der Waals surface area contributed by atoms with Crippen molar-refractivity contribution in [1.29, 1.82) is 0 Å². The average molecular weight is 340 g/mol. The molecule has 1 heteroatoms. The standard InChI is InChI=1S/C23H49N/c1-6-11-14-15-16-19-24(20-22(9-4)17-12-7-2)21-23(10-5)18-13-8-3/h22-23H,6-21H2,1-5H3. The third-order valence-corrected chi connectivity index (χ3v) is 5.70. The van der Waals surface area contributed by atoms with Crippen LogP contribution >= 0.6 is 0 Å². The first-order valence-corrected chi connectivity index (χ1v) is 11.4. The van der Waals surface area contributed by atoms with E-state index in [0.717, 1.165) is 11.8 Å². The normalized spacial score (nSPS) is 14.2. The van der Waals surface area contributed by atoms with Crippen LogP contribution < -0.4 is 0 Å². The minimum Gasteiger partial charge on any atom is -0.303 e. The summed E-state index contributed by atoms with van der Waals surface area (Å²) in [6, 6.07) is 0. The second-order valence-electron chi connectivity index (χ2n) is 8.01. The first kappa shape index (κ1) is 24.0. The summed E-state index contributed by atoms with van der Waals surface area (Å²) in [4.78, 5) is 2.85. The van der Waals surface area contributed by atoms with Gasteiger partial charge in [0.2, 0.25) is 0 Å². The van der Waals surface area contributed by atoms with Crippen molar-refractivity contribution < 1.29 is 0 Å². The lowest BCUT2D eigenvalue weighted by Crippen LogP contribution is -2.35. The number of rotatable bonds is 18. The van der Waals surface area contributed by atoms with E-state index in [1.54, 1.807) is 0 Å². The Kier molecular flexibility index (Phi) is 17.7. The molecule has 0 rings (SSSR count). The summed E-state index contributed by atoms with van der Waals surface area (Å²) < 4.78 is 0. The molecule has 24 heavy (non-hydrogen) atoms. The molecule has 1 nitrogen and oxygen atoms in total. The van der Waals surface area contributed by atoms with Crippen LogP contribution in [0.15, 0.2) is 0 Å². The molecular weight excluding hydrogens is 290 g/mol. The molecule has 0 aliphatic heterocycles. The molecule has 146 valence electrons. The maximum absolute atomic E-state index is 2.85. The Bertz CT molecular complexity index is 220. The highest BCUT2D eigenvalue weighted by atomic mass is 15.1. The van der Waals surface area contributed by atoms with E-state index in [2.05, 4.69) is 39.5 Å². The Morgan fingerprint density at radius 2 is 1.00 bits per heavy atom. The van der Waals surface area contributed by atoms with Gasteiger partial charge in [-0.15, -0.1) is 0 Å². The van der Waals surface area contributed by atoms with Crippen LogP contribution in [-0.4, -0.2) is 24.5 Å². The topological polar surface area (TPSA) is 3.24 Å². The van der Waals surface area contributed by atoms with Crippen LogP contribution in [0.4, 0.5) is 0 Å². The summed E-state index contributed by atoms with van der Waals surface area (Å²) >= 11 is 0. The highest BCUT2D eigenvalue weighted by Crippen LogP contribution is 2.19. The number of nitrogens with zero attached hydrogens (tertiary/aromatic N) is 1. The van der Waals surface area contributed by atoms with Crippen molar-refractivity contribution in [3.8, 4) is 0 Å². The van der Waals surface area contributed by atoms with Gasteiger partial charge in [0.15, 0.2) is 0 Å². The van der Waals surface area contributed by atoms with E-state index < -0.39 is 0 Å². The van der Waals surface area contributed by atoms with E-state index >= 15 is 0 Å². The second kappa shape index (κ2) is 17.8. The molecule has 0 heterocycles. The summed E-state index contributed by atoms with van der Waals surface area (Å²) in [5, 5.41) is 0. The number of hydrogen-bond acceptors (Lipinski definition) is 1. The minimum atomic E-state index is 0.921. The van der Waals surface area contributed by atoms with Crippen LogP contribution in [0.25, 0.3) is 0 Å². The van der Waals surface area contributed by atoms with Crippen molar-refractivity contribution in [2.24, 2.45) is 11.8 Å². The monoisotopic (exact) mass is 339 g/mol. The van der Waals surface area contributed by atoms with Crippen molar-refractivity contribution >= 4 is 0 Å². The molecular formula is C23H49N. The zero-order valence-electron chi connectivity index (χ0n) is 17.9. The molecule has 0 saturated heterocycles. The van der Waals surface area contributed by atoms with E-state index in [9.17, 15) is 0 Å². The molecule has 0 aromatic rings. The first-order valence-electron chi connectivity index (χ1n) is 11.4. The maximum Gasteiger partial charge on any atom is 0.000967 e. The Hall–Kier alpha value is -0.0400. The molecule has 0 N–H and O–H groups in total. The first-order chi connectivity index (χ1) is 11.7. The predicted molar refractivity (Wildman–Crippen MR) is 112 cm³/mol. The third kappa shape index (κ3) is 13.3. The highest BCUT2D eigenvalue weighted by molar-refractivity contribution is 4.70. The molecule has 0 aromatic carbocycles. The molecule has 2 atom stereocenters. The van der Waals surface area contributed by atoms with Gasteiger partial charge in [0.05, 0.1) is 0 Å². The van der Waals surface area contributed by atoms with Crippen LogP contribution in [0.3, 0.4) is 0 Å². The summed E-state index contributed by atoms with van der Waals surface area (Å²) in [6.45, 7) is 15.8. The molecule has 0 bridgehead atoms. The van der Waals surface area contributed by atoms with Gasteiger partial charge in [0.1, 0.15) is 0 Å². The van der Waals surface area contributed by atoms with Gasteiger partial charge in [-0.3, -0.25) is 0 Å². The van der Waals surface area contributed by atoms with E-state index in [1.165, 1.54) is 103 Å². The SMILES string of the molecule is CCCCCCCN(CC(CC)CCCC)CC(CC)CCCC. The van der Waals surface area contributed by atoms with E-state index in [1.807, 2.05) is 0 Å². The van der Waals surface area contributed by atoms with Gasteiger partial charge < -0.3 is 4.90 Å².